The van der Waals surface area contributed by atoms with E-state index in [1.807, 2.05) is 42.0 Å². The maximum atomic E-state index is 13.8. The summed E-state index contributed by atoms with van der Waals surface area (Å²) in [5, 5.41) is 4.82. The van der Waals surface area contributed by atoms with E-state index in [1.54, 1.807) is 4.90 Å². The van der Waals surface area contributed by atoms with Crippen LogP contribution in [0.1, 0.15) is 61.0 Å². The van der Waals surface area contributed by atoms with Gasteiger partial charge in [-0.1, -0.05) is 31.2 Å². The molecule has 1 aromatic carbocycles. The van der Waals surface area contributed by atoms with Crippen LogP contribution in [0.25, 0.3) is 5.65 Å². The molecule has 1 aliphatic carbocycles. The van der Waals surface area contributed by atoms with Gasteiger partial charge in [0.2, 0.25) is 5.91 Å². The van der Waals surface area contributed by atoms with Gasteiger partial charge in [0.25, 0.3) is 0 Å². The number of nitrogens with two attached hydrogens (primary N) is 2. The monoisotopic (exact) mass is 461 g/mol. The van der Waals surface area contributed by atoms with Crippen LogP contribution >= 0.6 is 0 Å². The number of nitrogens with zero attached hydrogens (tertiary/aromatic N) is 5. The smallest absolute Gasteiger partial charge is 0.247 e. The molecule has 8 nitrogen and oxygen atoms in total. The summed E-state index contributed by atoms with van der Waals surface area (Å²) in [6, 6.07) is 10.1. The zero-order valence-electron chi connectivity index (χ0n) is 20.4. The van der Waals surface area contributed by atoms with E-state index < -0.39 is 5.54 Å². The van der Waals surface area contributed by atoms with Crippen molar-refractivity contribution in [2.75, 3.05) is 25.0 Å². The highest BCUT2D eigenvalue weighted by Gasteiger charge is 2.43. The number of anilines is 1. The zero-order valence-corrected chi connectivity index (χ0v) is 20.4. The number of likely N-dealkylation sites (N-methyl/N-ethyl adjacent to an activating group) is 1. The van der Waals surface area contributed by atoms with Gasteiger partial charge < -0.3 is 21.3 Å². The Morgan fingerprint density at radius 3 is 2.88 bits per heavy atom. The number of aromatic nitrogens is 3. The number of carbonyl (C=O) groups excluding carboxylic acids is 1. The van der Waals surface area contributed by atoms with Crippen molar-refractivity contribution in [3.05, 3.63) is 58.9 Å². The Balaban J connectivity index is 1.45. The Morgan fingerprint density at radius 1 is 1.35 bits per heavy atom. The third-order valence-electron chi connectivity index (χ3n) is 7.56. The maximum absolute atomic E-state index is 13.8. The van der Waals surface area contributed by atoms with E-state index in [0.29, 0.717) is 6.42 Å². The van der Waals surface area contributed by atoms with Gasteiger partial charge >= 0.3 is 0 Å². The standard InChI is InChI=1S/C26H35N7O/c1-4-22(31(3)25(34)26(28)12-7-9-18-8-5-6-10-20(18)26)21-14-23-29-24(17(2)15-33(23)30-21)32-13-11-19(27)16-32/h5-6,8,10,14-15,19,22H,4,7,9,11-13,16,27-28H2,1-3H3/t19-,22-,26?/m0/s1. The minimum Gasteiger partial charge on any atom is -0.355 e. The molecule has 0 radical (unpaired) electrons. The van der Waals surface area contributed by atoms with Gasteiger partial charge in [-0.15, -0.1) is 0 Å². The quantitative estimate of drug-likeness (QED) is 0.605. The first kappa shape index (κ1) is 22.8. The molecule has 0 bridgehead atoms. The number of amides is 1. The van der Waals surface area contributed by atoms with Crippen LogP contribution in [-0.2, 0) is 16.8 Å². The predicted octanol–water partition coefficient (Wildman–Crippen LogP) is 2.68. The molecule has 1 aliphatic heterocycles. The lowest BCUT2D eigenvalue weighted by atomic mass is 9.76. The molecule has 2 aliphatic rings. The van der Waals surface area contributed by atoms with Crippen molar-refractivity contribution in [1.82, 2.24) is 19.5 Å². The van der Waals surface area contributed by atoms with E-state index in [9.17, 15) is 4.79 Å². The molecular formula is C26H35N7O. The minimum absolute atomic E-state index is 0.0561. The summed E-state index contributed by atoms with van der Waals surface area (Å²) >= 11 is 0. The van der Waals surface area contributed by atoms with Crippen LogP contribution < -0.4 is 16.4 Å². The van der Waals surface area contributed by atoms with Crippen molar-refractivity contribution in [3.8, 4) is 0 Å². The largest absolute Gasteiger partial charge is 0.355 e. The number of carbonyl (C=O) groups is 1. The van der Waals surface area contributed by atoms with Gasteiger partial charge in [-0.3, -0.25) is 4.79 Å². The summed E-state index contributed by atoms with van der Waals surface area (Å²) < 4.78 is 1.82. The molecule has 1 fully saturated rings. The number of fused-ring (bicyclic) bond motifs is 2. The van der Waals surface area contributed by atoms with Crippen molar-refractivity contribution in [3.63, 3.8) is 0 Å². The normalized spacial score (nSPS) is 23.2. The number of benzene rings is 1. The van der Waals surface area contributed by atoms with E-state index in [0.717, 1.165) is 67.1 Å². The van der Waals surface area contributed by atoms with Gasteiger partial charge in [0.15, 0.2) is 5.65 Å². The molecule has 2 aromatic heterocycles. The second-order valence-corrected chi connectivity index (χ2v) is 9.94. The average Bonchev–Trinajstić information content (AvgIpc) is 3.44. The van der Waals surface area contributed by atoms with Crippen LogP contribution in [0.3, 0.4) is 0 Å². The lowest BCUT2D eigenvalue weighted by molar-refractivity contribution is -0.139. The first-order valence-corrected chi connectivity index (χ1v) is 12.3. The first-order valence-electron chi connectivity index (χ1n) is 12.3. The zero-order chi connectivity index (χ0) is 24.0. The summed E-state index contributed by atoms with van der Waals surface area (Å²) in [4.78, 5) is 22.8. The van der Waals surface area contributed by atoms with Crippen molar-refractivity contribution in [1.29, 1.82) is 0 Å². The second kappa shape index (κ2) is 8.67. The van der Waals surface area contributed by atoms with E-state index in [-0.39, 0.29) is 18.0 Å². The lowest BCUT2D eigenvalue weighted by Gasteiger charge is -2.39. The van der Waals surface area contributed by atoms with Crippen molar-refractivity contribution < 1.29 is 4.79 Å². The summed E-state index contributed by atoms with van der Waals surface area (Å²) in [5.74, 6) is 0.906. The van der Waals surface area contributed by atoms with Crippen LogP contribution in [0.4, 0.5) is 5.82 Å². The highest BCUT2D eigenvalue weighted by Crippen LogP contribution is 2.37. The highest BCUT2D eigenvalue weighted by molar-refractivity contribution is 5.88. The molecule has 4 N–H and O–H groups in total. The van der Waals surface area contributed by atoms with E-state index >= 15 is 0 Å². The molecular weight excluding hydrogens is 426 g/mol. The van der Waals surface area contributed by atoms with Crippen LogP contribution in [0.15, 0.2) is 36.5 Å². The molecule has 8 heteroatoms. The molecule has 1 amide bonds. The van der Waals surface area contributed by atoms with E-state index in [1.165, 1.54) is 5.56 Å². The summed E-state index contributed by atoms with van der Waals surface area (Å²) in [7, 11) is 1.85. The second-order valence-electron chi connectivity index (χ2n) is 9.94. The Bertz CT molecular complexity index is 1220. The Kier molecular flexibility index (Phi) is 5.81. The van der Waals surface area contributed by atoms with Gasteiger partial charge in [-0.25, -0.2) is 9.50 Å². The van der Waals surface area contributed by atoms with Gasteiger partial charge in [0, 0.05) is 44.0 Å². The van der Waals surface area contributed by atoms with E-state index in [2.05, 4.69) is 24.8 Å². The van der Waals surface area contributed by atoms with E-state index in [4.69, 9.17) is 21.5 Å². The number of hydrogen-bond donors (Lipinski definition) is 2. The molecule has 0 spiro atoms. The number of rotatable bonds is 5. The van der Waals surface area contributed by atoms with Gasteiger partial charge in [-0.05, 0) is 50.2 Å². The summed E-state index contributed by atoms with van der Waals surface area (Å²) in [6.07, 6.45) is 6.25. The molecule has 3 heterocycles. The Hall–Kier alpha value is -2.97. The van der Waals surface area contributed by atoms with Crippen molar-refractivity contribution in [2.24, 2.45) is 11.5 Å². The summed E-state index contributed by atoms with van der Waals surface area (Å²) in [6.45, 7) is 5.87. The van der Waals surface area contributed by atoms with Crippen LogP contribution in [-0.4, -0.2) is 51.6 Å². The third-order valence-corrected chi connectivity index (χ3v) is 7.56. The third kappa shape index (κ3) is 3.75. The lowest BCUT2D eigenvalue weighted by Crippen LogP contribution is -2.54. The molecule has 180 valence electrons. The molecule has 0 saturated carbocycles. The van der Waals surface area contributed by atoms with Gasteiger partial charge in [0.05, 0.1) is 11.7 Å². The Labute approximate surface area is 200 Å². The molecule has 3 atom stereocenters. The van der Waals surface area contributed by atoms with Crippen LogP contribution in [0.2, 0.25) is 0 Å². The fraction of sp³-hybridized carbons (Fsp3) is 0.500. The maximum Gasteiger partial charge on any atom is 0.247 e. The van der Waals surface area contributed by atoms with Gasteiger partial charge in [0.1, 0.15) is 11.4 Å². The van der Waals surface area contributed by atoms with Gasteiger partial charge in [-0.2, -0.15) is 5.10 Å². The molecule has 3 aromatic rings. The highest BCUT2D eigenvalue weighted by atomic mass is 16.2. The number of hydrogen-bond acceptors (Lipinski definition) is 6. The molecule has 1 unspecified atom stereocenters. The minimum atomic E-state index is -1.01. The fourth-order valence-electron chi connectivity index (χ4n) is 5.71. The average molecular weight is 462 g/mol. The van der Waals surface area contributed by atoms with Crippen molar-refractivity contribution in [2.45, 2.75) is 63.6 Å². The number of aryl methyl sites for hydroxylation is 2. The first-order chi connectivity index (χ1) is 16.3. The van der Waals surface area contributed by atoms with Crippen LogP contribution in [0.5, 0.6) is 0 Å². The molecule has 1 saturated heterocycles. The predicted molar refractivity (Wildman–Crippen MR) is 134 cm³/mol. The summed E-state index contributed by atoms with van der Waals surface area (Å²) in [5.41, 5.74) is 16.7. The van der Waals surface area contributed by atoms with Crippen molar-refractivity contribution >= 4 is 17.4 Å². The fourth-order valence-corrected chi connectivity index (χ4v) is 5.71. The Morgan fingerprint density at radius 2 is 2.15 bits per heavy atom. The van der Waals surface area contributed by atoms with Crippen LogP contribution in [0, 0.1) is 6.92 Å². The SMILES string of the molecule is CC[C@@H](c1cc2nc(N3CC[C@H](N)C3)c(C)cn2n1)N(C)C(=O)C1(N)CCCc2ccccc21. The topological polar surface area (TPSA) is 106 Å². The molecule has 5 rings (SSSR count). The molecule has 34 heavy (non-hydrogen) atoms.